The van der Waals surface area contributed by atoms with E-state index in [4.69, 9.17) is 15.9 Å². The molecule has 0 aromatic carbocycles. The van der Waals surface area contributed by atoms with Crippen LogP contribution in [-0.4, -0.2) is 24.3 Å². The summed E-state index contributed by atoms with van der Waals surface area (Å²) in [5.74, 6) is 2.38. The molecule has 0 fully saturated rings. The molecule has 0 aromatic heterocycles. The molecule has 0 spiro atoms. The fourth-order valence-corrected chi connectivity index (χ4v) is 0.604. The Bertz CT molecular complexity index is 149. The Morgan fingerprint density at radius 1 is 1.64 bits per heavy atom. The highest BCUT2D eigenvalue weighted by Crippen LogP contribution is 2.14. The Morgan fingerprint density at radius 3 is 2.45 bits per heavy atom. The summed E-state index contributed by atoms with van der Waals surface area (Å²) in [6.45, 7) is 3.87. The van der Waals surface area contributed by atoms with E-state index in [1.165, 1.54) is 7.11 Å². The van der Waals surface area contributed by atoms with Gasteiger partial charge in [-0.3, -0.25) is 0 Å². The molecule has 0 saturated carbocycles. The van der Waals surface area contributed by atoms with Crippen LogP contribution in [0.5, 0.6) is 0 Å². The molecule has 0 radical (unpaired) electrons. The second-order valence-corrected chi connectivity index (χ2v) is 3.31. The van der Waals surface area contributed by atoms with Crippen molar-refractivity contribution in [2.45, 2.75) is 25.7 Å². The SMILES string of the molecule is C#CC(OC)OC(C)(C)CBr. The summed E-state index contributed by atoms with van der Waals surface area (Å²) >= 11 is 3.31. The monoisotopic (exact) mass is 220 g/mol. The maximum Gasteiger partial charge on any atom is 0.222 e. The molecule has 64 valence electrons. The average Bonchev–Trinajstić information content (AvgIpc) is 2.00. The molecular weight excluding hydrogens is 208 g/mol. The summed E-state index contributed by atoms with van der Waals surface area (Å²) in [4.78, 5) is 0. The van der Waals surface area contributed by atoms with E-state index < -0.39 is 6.29 Å². The van der Waals surface area contributed by atoms with Crippen LogP contribution in [0.2, 0.25) is 0 Å². The van der Waals surface area contributed by atoms with Gasteiger partial charge in [-0.05, 0) is 19.8 Å². The van der Waals surface area contributed by atoms with Crippen LogP contribution in [0.1, 0.15) is 13.8 Å². The van der Waals surface area contributed by atoms with Gasteiger partial charge in [0.25, 0.3) is 0 Å². The molecular formula is C8H13BrO2. The Hall–Kier alpha value is -0.0400. The smallest absolute Gasteiger partial charge is 0.222 e. The molecule has 0 aliphatic heterocycles. The highest BCUT2D eigenvalue weighted by atomic mass is 79.9. The molecule has 0 amide bonds. The summed E-state index contributed by atoms with van der Waals surface area (Å²) in [6.07, 6.45) is 4.58. The van der Waals surface area contributed by atoms with Crippen molar-refractivity contribution in [3.05, 3.63) is 0 Å². The number of hydrogen-bond acceptors (Lipinski definition) is 2. The van der Waals surface area contributed by atoms with Crippen LogP contribution in [0.15, 0.2) is 0 Å². The average molecular weight is 221 g/mol. The second-order valence-electron chi connectivity index (χ2n) is 2.75. The molecule has 11 heavy (non-hydrogen) atoms. The van der Waals surface area contributed by atoms with Gasteiger partial charge in [0.2, 0.25) is 6.29 Å². The summed E-state index contributed by atoms with van der Waals surface area (Å²) in [5, 5.41) is 0.724. The maximum atomic E-state index is 5.38. The van der Waals surface area contributed by atoms with E-state index in [9.17, 15) is 0 Å². The number of ether oxygens (including phenoxy) is 2. The quantitative estimate of drug-likeness (QED) is 0.409. The van der Waals surface area contributed by atoms with Gasteiger partial charge in [-0.15, -0.1) is 6.42 Å². The summed E-state index contributed by atoms with van der Waals surface area (Å²) in [6, 6.07) is 0. The zero-order valence-corrected chi connectivity index (χ0v) is 8.64. The van der Waals surface area contributed by atoms with Crippen LogP contribution in [0, 0.1) is 12.3 Å². The van der Waals surface area contributed by atoms with Gasteiger partial charge in [-0.25, -0.2) is 0 Å². The third-order valence-electron chi connectivity index (χ3n) is 1.10. The van der Waals surface area contributed by atoms with Gasteiger partial charge in [0.1, 0.15) is 0 Å². The van der Waals surface area contributed by atoms with Crippen LogP contribution in [0.3, 0.4) is 0 Å². The molecule has 0 rings (SSSR count). The molecule has 0 N–H and O–H groups in total. The molecule has 1 atom stereocenters. The first-order chi connectivity index (χ1) is 5.05. The first kappa shape index (κ1) is 11.0. The van der Waals surface area contributed by atoms with Crippen molar-refractivity contribution in [2.75, 3.05) is 12.4 Å². The van der Waals surface area contributed by atoms with Gasteiger partial charge in [0, 0.05) is 12.4 Å². The van der Waals surface area contributed by atoms with E-state index in [-0.39, 0.29) is 5.60 Å². The molecule has 0 heterocycles. The van der Waals surface area contributed by atoms with E-state index in [2.05, 4.69) is 21.9 Å². The molecule has 2 nitrogen and oxygen atoms in total. The summed E-state index contributed by atoms with van der Waals surface area (Å²) in [5.41, 5.74) is -0.285. The third-order valence-corrected chi connectivity index (χ3v) is 2.45. The number of methoxy groups -OCH3 is 1. The first-order valence-electron chi connectivity index (χ1n) is 3.28. The number of alkyl halides is 1. The highest BCUT2D eigenvalue weighted by molar-refractivity contribution is 9.09. The Morgan fingerprint density at radius 2 is 2.18 bits per heavy atom. The van der Waals surface area contributed by atoms with Crippen LogP contribution in [0.4, 0.5) is 0 Å². The number of hydrogen-bond donors (Lipinski definition) is 0. The predicted octanol–water partition coefficient (Wildman–Crippen LogP) is 1.78. The lowest BCUT2D eigenvalue weighted by atomic mass is 10.2. The third kappa shape index (κ3) is 4.41. The molecule has 0 bridgehead atoms. The van der Waals surface area contributed by atoms with Gasteiger partial charge in [-0.2, -0.15) is 0 Å². The normalized spacial score (nSPS) is 14.1. The van der Waals surface area contributed by atoms with Crippen molar-refractivity contribution < 1.29 is 9.47 Å². The molecule has 0 aliphatic carbocycles. The largest absolute Gasteiger partial charge is 0.345 e. The molecule has 1 unspecified atom stereocenters. The van der Waals surface area contributed by atoms with Gasteiger partial charge in [0.15, 0.2) is 0 Å². The van der Waals surface area contributed by atoms with Gasteiger partial charge < -0.3 is 9.47 Å². The summed E-state index contributed by atoms with van der Waals surface area (Å²) in [7, 11) is 1.52. The number of terminal acetylenes is 1. The van der Waals surface area contributed by atoms with E-state index in [0.717, 1.165) is 5.33 Å². The van der Waals surface area contributed by atoms with E-state index in [0.29, 0.717) is 0 Å². The molecule has 0 aromatic rings. The molecule has 3 heteroatoms. The van der Waals surface area contributed by atoms with Gasteiger partial charge in [0.05, 0.1) is 5.60 Å². The topological polar surface area (TPSA) is 18.5 Å². The minimum atomic E-state index is -0.553. The minimum absolute atomic E-state index is 0.285. The maximum absolute atomic E-state index is 5.38. The minimum Gasteiger partial charge on any atom is -0.345 e. The fourth-order valence-electron chi connectivity index (χ4n) is 0.471. The molecule has 0 aliphatic rings. The van der Waals surface area contributed by atoms with Crippen molar-refractivity contribution in [1.29, 1.82) is 0 Å². The van der Waals surface area contributed by atoms with Gasteiger partial charge >= 0.3 is 0 Å². The van der Waals surface area contributed by atoms with Crippen molar-refractivity contribution in [1.82, 2.24) is 0 Å². The van der Waals surface area contributed by atoms with E-state index in [1.54, 1.807) is 0 Å². The molecule has 0 saturated heterocycles. The lowest BCUT2D eigenvalue weighted by Crippen LogP contribution is -2.32. The van der Waals surface area contributed by atoms with Crippen molar-refractivity contribution in [3.63, 3.8) is 0 Å². The van der Waals surface area contributed by atoms with Gasteiger partial charge in [-0.1, -0.05) is 15.9 Å². The Labute approximate surface area is 76.4 Å². The zero-order chi connectivity index (χ0) is 8.91. The van der Waals surface area contributed by atoms with Crippen LogP contribution in [0.25, 0.3) is 0 Å². The first-order valence-corrected chi connectivity index (χ1v) is 4.40. The van der Waals surface area contributed by atoms with E-state index in [1.807, 2.05) is 13.8 Å². The van der Waals surface area contributed by atoms with Crippen molar-refractivity contribution in [2.24, 2.45) is 0 Å². The number of rotatable bonds is 4. The van der Waals surface area contributed by atoms with Crippen LogP contribution < -0.4 is 0 Å². The number of halogens is 1. The van der Waals surface area contributed by atoms with Crippen molar-refractivity contribution >= 4 is 15.9 Å². The predicted molar refractivity (Wildman–Crippen MR) is 48.6 cm³/mol. The fraction of sp³-hybridized carbons (Fsp3) is 0.750. The van der Waals surface area contributed by atoms with Crippen LogP contribution in [-0.2, 0) is 9.47 Å². The van der Waals surface area contributed by atoms with Crippen molar-refractivity contribution in [3.8, 4) is 12.3 Å². The second kappa shape index (κ2) is 4.76. The lowest BCUT2D eigenvalue weighted by molar-refractivity contribution is -0.147. The Kier molecular flexibility index (Phi) is 4.74. The zero-order valence-electron chi connectivity index (χ0n) is 7.06. The van der Waals surface area contributed by atoms with E-state index >= 15 is 0 Å². The Balaban J connectivity index is 3.92. The standard InChI is InChI=1S/C8H13BrO2/c1-5-7(10-4)11-8(2,3)6-9/h1,7H,6H2,2-4H3. The summed E-state index contributed by atoms with van der Waals surface area (Å²) < 4.78 is 10.2. The lowest BCUT2D eigenvalue weighted by Gasteiger charge is -2.25. The van der Waals surface area contributed by atoms with Crippen LogP contribution >= 0.6 is 15.9 Å². The highest BCUT2D eigenvalue weighted by Gasteiger charge is 2.20.